The van der Waals surface area contributed by atoms with Crippen LogP contribution in [0.5, 0.6) is 0 Å². The van der Waals surface area contributed by atoms with Crippen molar-refractivity contribution in [2.45, 2.75) is 59.0 Å². The van der Waals surface area contributed by atoms with Gasteiger partial charge in [0, 0.05) is 12.5 Å². The third-order valence-corrected chi connectivity index (χ3v) is 3.76. The van der Waals surface area contributed by atoms with Crippen LogP contribution in [0.15, 0.2) is 0 Å². The Morgan fingerprint density at radius 2 is 1.85 bits per heavy atom. The summed E-state index contributed by atoms with van der Waals surface area (Å²) in [4.78, 5) is 23.5. The first-order valence-electron chi connectivity index (χ1n) is 7.52. The molecule has 0 heterocycles. The van der Waals surface area contributed by atoms with E-state index in [9.17, 15) is 14.7 Å². The van der Waals surface area contributed by atoms with E-state index >= 15 is 0 Å². The SMILES string of the molecule is CC(O)CC(C)(C)CNC(=O)CNC(=O)C1CCCC1. The first-order valence-corrected chi connectivity index (χ1v) is 7.52. The number of amides is 2. The standard InChI is InChI=1S/C15H28N2O3/c1-11(18)8-15(2,3)10-17-13(19)9-16-14(20)12-6-4-5-7-12/h11-12,18H,4-10H2,1-3H3,(H,16,20)(H,17,19). The summed E-state index contributed by atoms with van der Waals surface area (Å²) < 4.78 is 0. The van der Waals surface area contributed by atoms with Crippen LogP contribution in [-0.2, 0) is 9.59 Å². The smallest absolute Gasteiger partial charge is 0.239 e. The van der Waals surface area contributed by atoms with Crippen LogP contribution in [0.2, 0.25) is 0 Å². The largest absolute Gasteiger partial charge is 0.393 e. The first-order chi connectivity index (χ1) is 9.30. The molecule has 1 saturated carbocycles. The van der Waals surface area contributed by atoms with E-state index in [2.05, 4.69) is 10.6 Å². The van der Waals surface area contributed by atoms with Crippen LogP contribution in [0.3, 0.4) is 0 Å². The van der Waals surface area contributed by atoms with E-state index in [0.29, 0.717) is 13.0 Å². The van der Waals surface area contributed by atoms with Crippen molar-refractivity contribution in [1.29, 1.82) is 0 Å². The Balaban J connectivity index is 2.21. The Morgan fingerprint density at radius 1 is 1.25 bits per heavy atom. The van der Waals surface area contributed by atoms with Crippen LogP contribution in [0, 0.1) is 11.3 Å². The minimum Gasteiger partial charge on any atom is -0.393 e. The van der Waals surface area contributed by atoms with Crippen molar-refractivity contribution in [2.24, 2.45) is 11.3 Å². The molecule has 20 heavy (non-hydrogen) atoms. The zero-order valence-corrected chi connectivity index (χ0v) is 12.9. The van der Waals surface area contributed by atoms with Gasteiger partial charge in [0.1, 0.15) is 0 Å². The fraction of sp³-hybridized carbons (Fsp3) is 0.867. The van der Waals surface area contributed by atoms with Gasteiger partial charge in [-0.15, -0.1) is 0 Å². The molecule has 0 saturated heterocycles. The second-order valence-corrected chi connectivity index (χ2v) is 6.69. The van der Waals surface area contributed by atoms with Gasteiger partial charge in [0.15, 0.2) is 0 Å². The lowest BCUT2D eigenvalue weighted by Gasteiger charge is -2.26. The fourth-order valence-corrected chi connectivity index (χ4v) is 2.77. The summed E-state index contributed by atoms with van der Waals surface area (Å²) in [7, 11) is 0. The minimum absolute atomic E-state index is 0.000825. The highest BCUT2D eigenvalue weighted by Crippen LogP contribution is 2.24. The van der Waals surface area contributed by atoms with Gasteiger partial charge in [-0.05, 0) is 31.6 Å². The van der Waals surface area contributed by atoms with Crippen molar-refractivity contribution >= 4 is 11.8 Å². The van der Waals surface area contributed by atoms with Gasteiger partial charge in [-0.25, -0.2) is 0 Å². The molecule has 5 nitrogen and oxygen atoms in total. The summed E-state index contributed by atoms with van der Waals surface area (Å²) >= 11 is 0. The number of carbonyl (C=O) groups is 2. The normalized spacial score (nSPS) is 17.8. The number of hydrogen-bond donors (Lipinski definition) is 3. The van der Waals surface area contributed by atoms with Gasteiger partial charge in [-0.2, -0.15) is 0 Å². The molecule has 5 heteroatoms. The van der Waals surface area contributed by atoms with Crippen molar-refractivity contribution < 1.29 is 14.7 Å². The lowest BCUT2D eigenvalue weighted by Crippen LogP contribution is -2.42. The molecule has 0 aliphatic heterocycles. The minimum atomic E-state index is -0.385. The summed E-state index contributed by atoms with van der Waals surface area (Å²) in [6.07, 6.45) is 4.34. The average Bonchev–Trinajstić information content (AvgIpc) is 2.85. The molecule has 116 valence electrons. The van der Waals surface area contributed by atoms with Gasteiger partial charge in [0.05, 0.1) is 12.6 Å². The molecule has 0 aromatic rings. The Labute approximate surface area is 121 Å². The Hall–Kier alpha value is -1.10. The third-order valence-electron chi connectivity index (χ3n) is 3.76. The predicted octanol–water partition coefficient (Wildman–Crippen LogP) is 1.21. The molecule has 0 radical (unpaired) electrons. The maximum absolute atomic E-state index is 11.8. The second-order valence-electron chi connectivity index (χ2n) is 6.69. The Bertz CT molecular complexity index is 334. The van der Waals surface area contributed by atoms with Gasteiger partial charge in [-0.1, -0.05) is 26.7 Å². The molecule has 1 rings (SSSR count). The molecule has 0 bridgehead atoms. The summed E-state index contributed by atoms with van der Waals surface area (Å²) in [6.45, 7) is 6.27. The quantitative estimate of drug-likeness (QED) is 0.657. The van der Waals surface area contributed by atoms with Crippen LogP contribution in [0.25, 0.3) is 0 Å². The summed E-state index contributed by atoms with van der Waals surface area (Å²) in [6, 6.07) is 0. The van der Waals surface area contributed by atoms with Gasteiger partial charge < -0.3 is 15.7 Å². The van der Waals surface area contributed by atoms with Gasteiger partial charge in [0.25, 0.3) is 0 Å². The van der Waals surface area contributed by atoms with Crippen molar-refractivity contribution in [3.05, 3.63) is 0 Å². The van der Waals surface area contributed by atoms with Gasteiger partial charge >= 0.3 is 0 Å². The van der Waals surface area contributed by atoms with Crippen LogP contribution >= 0.6 is 0 Å². The molecular weight excluding hydrogens is 256 g/mol. The monoisotopic (exact) mass is 284 g/mol. The number of nitrogens with one attached hydrogen (secondary N) is 2. The number of aliphatic hydroxyl groups excluding tert-OH is 1. The number of hydrogen-bond acceptors (Lipinski definition) is 3. The van der Waals surface area contributed by atoms with Crippen molar-refractivity contribution in [1.82, 2.24) is 10.6 Å². The summed E-state index contributed by atoms with van der Waals surface area (Å²) in [5.74, 6) is -0.0783. The molecule has 1 aliphatic rings. The van der Waals surface area contributed by atoms with Crippen molar-refractivity contribution in [3.8, 4) is 0 Å². The van der Waals surface area contributed by atoms with Gasteiger partial charge in [-0.3, -0.25) is 9.59 Å². The number of carbonyl (C=O) groups excluding carboxylic acids is 2. The van der Waals surface area contributed by atoms with Crippen LogP contribution in [0.4, 0.5) is 0 Å². The van der Waals surface area contributed by atoms with E-state index in [-0.39, 0.29) is 35.8 Å². The zero-order valence-electron chi connectivity index (χ0n) is 12.9. The van der Waals surface area contributed by atoms with E-state index in [1.54, 1.807) is 6.92 Å². The molecule has 0 aromatic heterocycles. The van der Waals surface area contributed by atoms with Gasteiger partial charge in [0.2, 0.25) is 11.8 Å². The third kappa shape index (κ3) is 6.37. The number of aliphatic hydroxyl groups is 1. The van der Waals surface area contributed by atoms with E-state index in [1.807, 2.05) is 13.8 Å². The highest BCUT2D eigenvalue weighted by molar-refractivity contribution is 5.85. The topological polar surface area (TPSA) is 78.4 Å². The van der Waals surface area contributed by atoms with E-state index in [1.165, 1.54) is 0 Å². The van der Waals surface area contributed by atoms with Crippen LogP contribution in [-0.4, -0.2) is 36.1 Å². The van der Waals surface area contributed by atoms with Crippen molar-refractivity contribution in [2.75, 3.05) is 13.1 Å². The molecule has 0 aromatic carbocycles. The molecular formula is C15H28N2O3. The average molecular weight is 284 g/mol. The first kappa shape index (κ1) is 17.0. The van der Waals surface area contributed by atoms with E-state index in [0.717, 1.165) is 25.7 Å². The van der Waals surface area contributed by atoms with Crippen LogP contribution < -0.4 is 10.6 Å². The molecule has 0 spiro atoms. The molecule has 1 aliphatic carbocycles. The maximum Gasteiger partial charge on any atom is 0.239 e. The van der Waals surface area contributed by atoms with Crippen LogP contribution in [0.1, 0.15) is 52.9 Å². The molecule has 2 amide bonds. The highest BCUT2D eigenvalue weighted by atomic mass is 16.3. The Kier molecular flexibility index (Phi) is 6.46. The van der Waals surface area contributed by atoms with Crippen molar-refractivity contribution in [3.63, 3.8) is 0 Å². The maximum atomic E-state index is 11.8. The lowest BCUT2D eigenvalue weighted by atomic mass is 9.87. The lowest BCUT2D eigenvalue weighted by molar-refractivity contribution is -0.128. The fourth-order valence-electron chi connectivity index (χ4n) is 2.77. The zero-order chi connectivity index (χ0) is 15.2. The summed E-state index contributed by atoms with van der Waals surface area (Å²) in [5.41, 5.74) is -0.153. The molecule has 1 atom stereocenters. The predicted molar refractivity (Wildman–Crippen MR) is 78.1 cm³/mol. The molecule has 1 fully saturated rings. The molecule has 1 unspecified atom stereocenters. The number of rotatable bonds is 7. The molecule has 3 N–H and O–H groups in total. The summed E-state index contributed by atoms with van der Waals surface area (Å²) in [5, 5.41) is 14.9. The Morgan fingerprint density at radius 3 is 2.40 bits per heavy atom. The highest BCUT2D eigenvalue weighted by Gasteiger charge is 2.24. The van der Waals surface area contributed by atoms with E-state index in [4.69, 9.17) is 0 Å². The van der Waals surface area contributed by atoms with E-state index < -0.39 is 0 Å². The second kappa shape index (κ2) is 7.62.